The molecule has 0 fully saturated rings. The van der Waals surface area contributed by atoms with Gasteiger partial charge in [-0.05, 0) is 31.2 Å². The van der Waals surface area contributed by atoms with E-state index in [-0.39, 0.29) is 18.1 Å². The van der Waals surface area contributed by atoms with Crippen molar-refractivity contribution in [3.05, 3.63) is 41.2 Å². The highest BCUT2D eigenvalue weighted by atomic mass is 16.5. The predicted octanol–water partition coefficient (Wildman–Crippen LogP) is 0.883. The largest absolute Gasteiger partial charge is 0.465 e. The number of nitrogens with one attached hydrogen (secondary N) is 1. The van der Waals surface area contributed by atoms with Crippen molar-refractivity contribution in [2.45, 2.75) is 13.5 Å². The van der Waals surface area contributed by atoms with Crippen molar-refractivity contribution >= 4 is 17.6 Å². The lowest BCUT2D eigenvalue weighted by molar-refractivity contribution is -0.117. The molecule has 0 saturated carbocycles. The second kappa shape index (κ2) is 6.49. The highest BCUT2D eigenvalue weighted by Gasteiger charge is 2.11. The molecule has 0 aliphatic rings. The maximum absolute atomic E-state index is 11.9. The Balaban J connectivity index is 2.01. The first-order valence-corrected chi connectivity index (χ1v) is 6.33. The average molecular weight is 299 g/mol. The molecule has 0 aliphatic heterocycles. The first-order chi connectivity index (χ1) is 10.5. The minimum Gasteiger partial charge on any atom is -0.465 e. The Kier molecular flexibility index (Phi) is 4.48. The number of amides is 1. The molecule has 0 unspecified atom stereocenters. The van der Waals surface area contributed by atoms with E-state index in [9.17, 15) is 9.59 Å². The van der Waals surface area contributed by atoms with Gasteiger partial charge in [0.1, 0.15) is 12.6 Å². The van der Waals surface area contributed by atoms with Gasteiger partial charge in [-0.1, -0.05) is 5.21 Å². The van der Waals surface area contributed by atoms with Gasteiger partial charge in [0.2, 0.25) is 5.91 Å². The Bertz CT molecular complexity index is 743. The molecule has 22 heavy (non-hydrogen) atoms. The molecule has 2 aromatic rings. The molecule has 0 atom stereocenters. The van der Waals surface area contributed by atoms with Crippen LogP contribution in [0, 0.1) is 18.3 Å². The van der Waals surface area contributed by atoms with Crippen molar-refractivity contribution in [1.29, 1.82) is 5.26 Å². The Labute approximate surface area is 126 Å². The molecule has 8 nitrogen and oxygen atoms in total. The van der Waals surface area contributed by atoms with E-state index in [4.69, 9.17) is 5.26 Å². The van der Waals surface area contributed by atoms with Crippen molar-refractivity contribution in [3.63, 3.8) is 0 Å². The first kappa shape index (κ1) is 15.2. The number of carbonyl (C=O) groups is 2. The second-order valence-corrected chi connectivity index (χ2v) is 4.41. The van der Waals surface area contributed by atoms with Crippen molar-refractivity contribution in [1.82, 2.24) is 15.0 Å². The topological polar surface area (TPSA) is 110 Å². The summed E-state index contributed by atoms with van der Waals surface area (Å²) in [4.78, 5) is 23.2. The van der Waals surface area contributed by atoms with Crippen LogP contribution in [-0.2, 0) is 16.1 Å². The third kappa shape index (κ3) is 3.27. The fraction of sp³-hybridized carbons (Fsp3) is 0.214. The zero-order valence-corrected chi connectivity index (χ0v) is 12.0. The fourth-order valence-electron chi connectivity index (χ4n) is 1.76. The molecule has 0 spiro atoms. The van der Waals surface area contributed by atoms with Gasteiger partial charge in [-0.15, -0.1) is 5.10 Å². The smallest absolute Gasteiger partial charge is 0.337 e. The Morgan fingerprint density at radius 2 is 2.05 bits per heavy atom. The number of rotatable bonds is 4. The molecular weight excluding hydrogens is 286 g/mol. The van der Waals surface area contributed by atoms with Crippen LogP contribution in [0.1, 0.15) is 21.7 Å². The molecule has 0 aliphatic carbocycles. The molecule has 0 saturated heterocycles. The monoisotopic (exact) mass is 299 g/mol. The van der Waals surface area contributed by atoms with Crippen LogP contribution in [0.4, 0.5) is 5.69 Å². The lowest BCUT2D eigenvalue weighted by Gasteiger charge is -2.06. The summed E-state index contributed by atoms with van der Waals surface area (Å²) in [6, 6.07) is 8.19. The van der Waals surface area contributed by atoms with Gasteiger partial charge in [0, 0.05) is 5.69 Å². The van der Waals surface area contributed by atoms with Gasteiger partial charge in [-0.25, -0.2) is 9.48 Å². The summed E-state index contributed by atoms with van der Waals surface area (Å²) < 4.78 is 5.94. The molecule has 0 radical (unpaired) electrons. The van der Waals surface area contributed by atoms with Crippen LogP contribution in [-0.4, -0.2) is 34.0 Å². The number of aromatic nitrogens is 3. The number of methoxy groups -OCH3 is 1. The number of benzene rings is 1. The van der Waals surface area contributed by atoms with Gasteiger partial charge in [0.25, 0.3) is 0 Å². The van der Waals surface area contributed by atoms with Crippen LogP contribution in [0.3, 0.4) is 0 Å². The fourth-order valence-corrected chi connectivity index (χ4v) is 1.76. The van der Waals surface area contributed by atoms with E-state index in [0.717, 1.165) is 0 Å². The number of nitrogens with zero attached hydrogens (tertiary/aromatic N) is 4. The van der Waals surface area contributed by atoms with Gasteiger partial charge in [-0.3, -0.25) is 4.79 Å². The van der Waals surface area contributed by atoms with Gasteiger partial charge < -0.3 is 10.1 Å². The molecule has 2 rings (SSSR count). The van der Waals surface area contributed by atoms with Crippen molar-refractivity contribution in [2.75, 3.05) is 12.4 Å². The number of hydrogen-bond acceptors (Lipinski definition) is 6. The maximum atomic E-state index is 11.9. The summed E-state index contributed by atoms with van der Waals surface area (Å²) in [7, 11) is 1.30. The average Bonchev–Trinajstić information content (AvgIpc) is 2.87. The van der Waals surface area contributed by atoms with Gasteiger partial charge in [-0.2, -0.15) is 5.26 Å². The van der Waals surface area contributed by atoms with Gasteiger partial charge in [0.05, 0.1) is 18.4 Å². The van der Waals surface area contributed by atoms with E-state index in [1.165, 1.54) is 11.8 Å². The Morgan fingerprint density at radius 3 is 2.59 bits per heavy atom. The molecule has 0 bridgehead atoms. The minimum absolute atomic E-state index is 0.0563. The van der Waals surface area contributed by atoms with Gasteiger partial charge >= 0.3 is 5.97 Å². The number of esters is 1. The Hall–Kier alpha value is -3.21. The zero-order chi connectivity index (χ0) is 16.1. The molecule has 8 heteroatoms. The lowest BCUT2D eigenvalue weighted by atomic mass is 10.2. The number of nitriles is 1. The van der Waals surface area contributed by atoms with E-state index >= 15 is 0 Å². The zero-order valence-electron chi connectivity index (χ0n) is 12.0. The van der Waals surface area contributed by atoms with E-state index in [2.05, 4.69) is 20.4 Å². The predicted molar refractivity (Wildman–Crippen MR) is 75.9 cm³/mol. The SMILES string of the molecule is COC(=O)c1ccc(NC(=O)Cn2nnc(C#N)c2C)cc1. The van der Waals surface area contributed by atoms with Crippen LogP contribution >= 0.6 is 0 Å². The number of hydrogen-bond donors (Lipinski definition) is 1. The first-order valence-electron chi connectivity index (χ1n) is 6.33. The van der Waals surface area contributed by atoms with E-state index in [1.807, 2.05) is 6.07 Å². The molecule has 1 amide bonds. The summed E-state index contributed by atoms with van der Waals surface area (Å²) in [6.07, 6.45) is 0. The third-order valence-electron chi connectivity index (χ3n) is 2.97. The van der Waals surface area contributed by atoms with E-state index in [0.29, 0.717) is 16.9 Å². The van der Waals surface area contributed by atoms with Crippen molar-refractivity contribution < 1.29 is 14.3 Å². The van der Waals surface area contributed by atoms with E-state index in [1.54, 1.807) is 31.2 Å². The van der Waals surface area contributed by atoms with E-state index < -0.39 is 5.97 Å². The summed E-state index contributed by atoms with van der Waals surface area (Å²) in [5.74, 6) is -0.761. The van der Waals surface area contributed by atoms with Crippen LogP contribution in [0.2, 0.25) is 0 Å². The van der Waals surface area contributed by atoms with Crippen molar-refractivity contribution in [2.24, 2.45) is 0 Å². The van der Waals surface area contributed by atoms with Gasteiger partial charge in [0.15, 0.2) is 5.69 Å². The molecule has 1 aromatic heterocycles. The molecule has 1 aromatic carbocycles. The highest BCUT2D eigenvalue weighted by Crippen LogP contribution is 2.11. The van der Waals surface area contributed by atoms with Crippen LogP contribution in [0.15, 0.2) is 24.3 Å². The summed E-state index contributed by atoms with van der Waals surface area (Å²) in [6.45, 7) is 1.61. The molecule has 1 heterocycles. The summed E-state index contributed by atoms with van der Waals surface area (Å²) in [5, 5.41) is 18.8. The summed E-state index contributed by atoms with van der Waals surface area (Å²) >= 11 is 0. The number of ether oxygens (including phenoxy) is 1. The number of carbonyl (C=O) groups excluding carboxylic acids is 2. The molecule has 112 valence electrons. The maximum Gasteiger partial charge on any atom is 0.337 e. The second-order valence-electron chi connectivity index (χ2n) is 4.41. The summed E-state index contributed by atoms with van der Waals surface area (Å²) in [5.41, 5.74) is 1.65. The minimum atomic E-state index is -0.444. The molecular formula is C14H13N5O3. The third-order valence-corrected chi connectivity index (χ3v) is 2.97. The lowest BCUT2D eigenvalue weighted by Crippen LogP contribution is -2.20. The molecule has 1 N–H and O–H groups in total. The Morgan fingerprint density at radius 1 is 1.36 bits per heavy atom. The number of anilines is 1. The van der Waals surface area contributed by atoms with Crippen molar-refractivity contribution in [3.8, 4) is 6.07 Å². The standard InChI is InChI=1S/C14H13N5O3/c1-9-12(7-15)17-18-19(9)8-13(20)16-11-5-3-10(4-6-11)14(21)22-2/h3-6H,8H2,1-2H3,(H,16,20). The van der Waals surface area contributed by atoms with Crippen LogP contribution < -0.4 is 5.32 Å². The van der Waals surface area contributed by atoms with Crippen LogP contribution in [0.25, 0.3) is 0 Å². The normalized spacial score (nSPS) is 9.86. The quantitative estimate of drug-likeness (QED) is 0.839. The highest BCUT2D eigenvalue weighted by molar-refractivity contribution is 5.92. The van der Waals surface area contributed by atoms with Crippen LogP contribution in [0.5, 0.6) is 0 Å².